The zero-order valence-electron chi connectivity index (χ0n) is 36.7. The smallest absolute Gasteiger partial charge is 0.330 e. The van der Waals surface area contributed by atoms with E-state index in [-0.39, 0.29) is 25.6 Å². The number of allylic oxidation sites excluding steroid dienone is 19. The van der Waals surface area contributed by atoms with Crippen LogP contribution in [0.2, 0.25) is 0 Å². The summed E-state index contributed by atoms with van der Waals surface area (Å²) in [5.74, 6) is -0.116. The van der Waals surface area contributed by atoms with Crippen molar-refractivity contribution in [2.45, 2.75) is 142 Å². The van der Waals surface area contributed by atoms with Crippen molar-refractivity contribution in [2.75, 3.05) is 20.3 Å². The molecule has 0 unspecified atom stereocenters. The number of benzene rings is 1. The number of unbranched alkanes of at least 4 members (excludes halogenated alkanes) is 11. The maximum absolute atomic E-state index is 12.7. The molecule has 1 atom stereocenters. The lowest BCUT2D eigenvalue weighted by Gasteiger charge is -2.18. The summed E-state index contributed by atoms with van der Waals surface area (Å²) in [6, 6.07) is 7.54. The highest BCUT2D eigenvalue weighted by molar-refractivity contribution is 5.82. The lowest BCUT2D eigenvalue weighted by Crippen LogP contribution is -2.29. The van der Waals surface area contributed by atoms with Crippen molar-refractivity contribution in [1.29, 1.82) is 0 Å². The van der Waals surface area contributed by atoms with Gasteiger partial charge in [0, 0.05) is 12.5 Å². The SMILES string of the molecule is CCCCC/C=C\C/C=C\C/C=C\C/C=C\CCCC(=O)O[C@@H](COCc1ccc(OC)cc1)COC(=O)C=CC=CC=CC=CC=CC=CCCCCCCCCC. The number of carbonyl (C=O) groups excluding carboxylic acids is 2. The standard InChI is InChI=1S/C53H76O6/c1-4-6-8-10-12-14-16-18-20-22-23-25-26-28-30-32-34-36-38-40-52(54)58-48-51(47-57-46-49-42-44-50(56-3)45-43-49)59-53(55)41-39-37-35-33-31-29-27-24-21-19-17-15-13-11-9-7-5-2/h13,15,19-23,25-30,32-36,38,40,42-45,51H,4-12,14,16-18,24,31,37,39,41,46-48H2,1-3H3/b15-13-,21-19-,22-20?,25-23?,28-26?,29-27-,32-30?,35-33-,36-34?,40-38?/t51-/m0/s1. The summed E-state index contributed by atoms with van der Waals surface area (Å²) >= 11 is 0. The molecule has 0 amide bonds. The predicted octanol–water partition coefficient (Wildman–Crippen LogP) is 14.3. The van der Waals surface area contributed by atoms with Crippen molar-refractivity contribution in [3.63, 3.8) is 0 Å². The molecular formula is C53H76O6. The molecule has 0 fully saturated rings. The fraction of sp³-hybridized carbons (Fsp3) is 0.472. The summed E-state index contributed by atoms with van der Waals surface area (Å²) in [5.41, 5.74) is 0.948. The summed E-state index contributed by atoms with van der Waals surface area (Å²) < 4.78 is 22.2. The second-order valence-corrected chi connectivity index (χ2v) is 14.3. The van der Waals surface area contributed by atoms with Crippen molar-refractivity contribution < 1.29 is 28.5 Å². The Kier molecular flexibility index (Phi) is 36.8. The van der Waals surface area contributed by atoms with Crippen molar-refractivity contribution in [3.8, 4) is 5.75 Å². The van der Waals surface area contributed by atoms with Crippen LogP contribution in [0.25, 0.3) is 0 Å². The van der Waals surface area contributed by atoms with Crippen molar-refractivity contribution in [1.82, 2.24) is 0 Å². The molecular weight excluding hydrogens is 733 g/mol. The van der Waals surface area contributed by atoms with Gasteiger partial charge in [-0.2, -0.15) is 0 Å². The van der Waals surface area contributed by atoms with Gasteiger partial charge in [0.05, 0.1) is 20.3 Å². The highest BCUT2D eigenvalue weighted by Gasteiger charge is 2.17. The lowest BCUT2D eigenvalue weighted by molar-refractivity contribution is -0.161. The van der Waals surface area contributed by atoms with Gasteiger partial charge >= 0.3 is 11.9 Å². The second-order valence-electron chi connectivity index (χ2n) is 14.3. The molecule has 0 radical (unpaired) electrons. The molecule has 324 valence electrons. The monoisotopic (exact) mass is 809 g/mol. The third-order valence-corrected chi connectivity index (χ3v) is 8.99. The van der Waals surface area contributed by atoms with E-state index in [1.54, 1.807) is 19.3 Å². The molecule has 1 aromatic carbocycles. The zero-order valence-corrected chi connectivity index (χ0v) is 36.7. The third-order valence-electron chi connectivity index (χ3n) is 8.99. The Balaban J connectivity index is 2.41. The van der Waals surface area contributed by atoms with Gasteiger partial charge in [-0.1, -0.05) is 193 Å². The Morgan fingerprint density at radius 3 is 1.64 bits per heavy atom. The zero-order chi connectivity index (χ0) is 42.5. The van der Waals surface area contributed by atoms with E-state index in [1.807, 2.05) is 66.8 Å². The summed E-state index contributed by atoms with van der Waals surface area (Å²) in [6.07, 6.45) is 59.4. The molecule has 0 saturated heterocycles. The van der Waals surface area contributed by atoms with Gasteiger partial charge in [0.15, 0.2) is 6.10 Å². The van der Waals surface area contributed by atoms with E-state index in [0.717, 1.165) is 43.4 Å². The molecule has 0 saturated carbocycles. The average molecular weight is 809 g/mol. The number of methoxy groups -OCH3 is 1. The van der Waals surface area contributed by atoms with Gasteiger partial charge in [-0.3, -0.25) is 4.79 Å². The van der Waals surface area contributed by atoms with E-state index >= 15 is 0 Å². The van der Waals surface area contributed by atoms with Gasteiger partial charge < -0.3 is 18.9 Å². The maximum Gasteiger partial charge on any atom is 0.330 e. The quantitative estimate of drug-likeness (QED) is 0.0221. The summed E-state index contributed by atoms with van der Waals surface area (Å²) in [4.78, 5) is 25.1. The topological polar surface area (TPSA) is 71.1 Å². The van der Waals surface area contributed by atoms with Gasteiger partial charge in [-0.15, -0.1) is 0 Å². The lowest BCUT2D eigenvalue weighted by atomic mass is 10.1. The summed E-state index contributed by atoms with van der Waals surface area (Å²) in [7, 11) is 1.62. The van der Waals surface area contributed by atoms with E-state index in [9.17, 15) is 9.59 Å². The van der Waals surface area contributed by atoms with Gasteiger partial charge in [0.2, 0.25) is 0 Å². The van der Waals surface area contributed by atoms with Gasteiger partial charge in [-0.05, 0) is 75.5 Å². The molecule has 0 aromatic heterocycles. The van der Waals surface area contributed by atoms with E-state index < -0.39 is 12.1 Å². The van der Waals surface area contributed by atoms with Crippen LogP contribution in [0.15, 0.2) is 146 Å². The van der Waals surface area contributed by atoms with Crippen LogP contribution >= 0.6 is 0 Å². The van der Waals surface area contributed by atoms with Crippen LogP contribution < -0.4 is 4.74 Å². The Morgan fingerprint density at radius 2 is 1.03 bits per heavy atom. The minimum Gasteiger partial charge on any atom is -0.497 e. The van der Waals surface area contributed by atoms with E-state index in [0.29, 0.717) is 13.0 Å². The number of ether oxygens (including phenoxy) is 4. The number of rotatable bonds is 36. The molecule has 0 spiro atoms. The van der Waals surface area contributed by atoms with Crippen molar-refractivity contribution in [3.05, 3.63) is 151 Å². The molecule has 0 aliphatic rings. The fourth-order valence-electron chi connectivity index (χ4n) is 5.58. The Labute approximate surface area is 358 Å². The molecule has 6 nitrogen and oxygen atoms in total. The van der Waals surface area contributed by atoms with Gasteiger partial charge in [0.25, 0.3) is 0 Å². The highest BCUT2D eigenvalue weighted by Crippen LogP contribution is 2.13. The van der Waals surface area contributed by atoms with Crippen LogP contribution in [0.1, 0.15) is 135 Å². The maximum atomic E-state index is 12.7. The van der Waals surface area contributed by atoms with Crippen LogP contribution in [0.3, 0.4) is 0 Å². The number of carbonyl (C=O) groups is 2. The number of esters is 2. The van der Waals surface area contributed by atoms with E-state index in [1.165, 1.54) is 76.7 Å². The van der Waals surface area contributed by atoms with Gasteiger partial charge in [0.1, 0.15) is 12.4 Å². The van der Waals surface area contributed by atoms with Crippen LogP contribution in [0, 0.1) is 0 Å². The molecule has 0 aliphatic carbocycles. The molecule has 0 bridgehead atoms. The van der Waals surface area contributed by atoms with Crippen LogP contribution in [0.5, 0.6) is 5.75 Å². The fourth-order valence-corrected chi connectivity index (χ4v) is 5.58. The van der Waals surface area contributed by atoms with Crippen LogP contribution in [0.4, 0.5) is 0 Å². The van der Waals surface area contributed by atoms with Crippen LogP contribution in [-0.2, 0) is 30.4 Å². The molecule has 0 N–H and O–H groups in total. The first-order chi connectivity index (χ1) is 29.1. The molecule has 0 heterocycles. The first kappa shape index (κ1) is 52.3. The van der Waals surface area contributed by atoms with E-state index in [4.69, 9.17) is 18.9 Å². The molecule has 0 aliphatic heterocycles. The Hall–Kier alpha value is -4.68. The first-order valence-corrected chi connectivity index (χ1v) is 22.3. The van der Waals surface area contributed by atoms with Gasteiger partial charge in [-0.25, -0.2) is 4.79 Å². The first-order valence-electron chi connectivity index (χ1n) is 22.3. The average Bonchev–Trinajstić information content (AvgIpc) is 3.24. The normalized spacial score (nSPS) is 13.2. The molecule has 6 heteroatoms. The third kappa shape index (κ3) is 36.2. The molecule has 59 heavy (non-hydrogen) atoms. The summed E-state index contributed by atoms with van der Waals surface area (Å²) in [5, 5.41) is 0. The van der Waals surface area contributed by atoms with Crippen molar-refractivity contribution in [2.24, 2.45) is 0 Å². The van der Waals surface area contributed by atoms with E-state index in [2.05, 4.69) is 74.6 Å². The summed E-state index contributed by atoms with van der Waals surface area (Å²) in [6.45, 7) is 4.79. The Morgan fingerprint density at radius 1 is 0.542 bits per heavy atom. The second kappa shape index (κ2) is 41.5. The molecule has 1 aromatic rings. The minimum absolute atomic E-state index is 0.0921. The number of hydrogen-bond donors (Lipinski definition) is 0. The predicted molar refractivity (Wildman–Crippen MR) is 249 cm³/mol. The molecule has 1 rings (SSSR count). The minimum atomic E-state index is -0.727. The van der Waals surface area contributed by atoms with Crippen molar-refractivity contribution >= 4 is 11.9 Å². The largest absolute Gasteiger partial charge is 0.497 e. The number of hydrogen-bond acceptors (Lipinski definition) is 6. The Bertz CT molecular complexity index is 1470. The highest BCUT2D eigenvalue weighted by atomic mass is 16.6. The van der Waals surface area contributed by atoms with Crippen LogP contribution in [-0.4, -0.2) is 38.4 Å².